The van der Waals surface area contributed by atoms with Gasteiger partial charge in [-0.1, -0.05) is 12.1 Å². The van der Waals surface area contributed by atoms with Crippen LogP contribution in [-0.4, -0.2) is 32.5 Å². The molecule has 0 bridgehead atoms. The van der Waals surface area contributed by atoms with Crippen LogP contribution in [0.2, 0.25) is 0 Å². The highest BCUT2D eigenvalue weighted by Gasteiger charge is 2.08. The minimum atomic E-state index is 0.00646. The second-order valence-electron chi connectivity index (χ2n) is 6.66. The van der Waals surface area contributed by atoms with Crippen molar-refractivity contribution in [3.8, 4) is 11.5 Å². The molecule has 0 spiro atoms. The zero-order valence-electron chi connectivity index (χ0n) is 16.7. The molecule has 2 aromatic carbocycles. The first-order valence-corrected chi connectivity index (χ1v) is 9.69. The Morgan fingerprint density at radius 3 is 2.00 bits per heavy atom. The van der Waals surface area contributed by atoms with Crippen molar-refractivity contribution in [1.29, 1.82) is 0 Å². The van der Waals surface area contributed by atoms with E-state index in [-0.39, 0.29) is 11.7 Å². The topological polar surface area (TPSA) is 64.6 Å². The average Bonchev–Trinajstić information content (AvgIpc) is 2.74. The molecule has 2 aromatic rings. The van der Waals surface area contributed by atoms with Crippen LogP contribution in [0.3, 0.4) is 0 Å². The van der Waals surface area contributed by atoms with Gasteiger partial charge in [0.1, 0.15) is 11.5 Å². The van der Waals surface area contributed by atoms with E-state index in [2.05, 4.69) is 17.4 Å². The first-order chi connectivity index (χ1) is 13.6. The first kappa shape index (κ1) is 21.5. The molecule has 1 amide bonds. The minimum absolute atomic E-state index is 0.00646. The maximum atomic E-state index is 12.1. The summed E-state index contributed by atoms with van der Waals surface area (Å²) in [5, 5.41) is 2.93. The Morgan fingerprint density at radius 2 is 1.39 bits per heavy atom. The highest BCUT2D eigenvalue weighted by Crippen LogP contribution is 2.14. The standard InChI is InChI=1S/C23H29NO4/c1-27-20-13-9-18(10-14-20)6-3-4-17-24-23(26)8-5-7-22(25)19-11-15-21(28-2)16-12-19/h9-16H,3-8,17H2,1-2H3,(H,24,26). The van der Waals surface area contributed by atoms with E-state index in [1.165, 1.54) is 5.56 Å². The van der Waals surface area contributed by atoms with Crippen LogP contribution in [-0.2, 0) is 11.2 Å². The van der Waals surface area contributed by atoms with Gasteiger partial charge in [0.25, 0.3) is 0 Å². The van der Waals surface area contributed by atoms with Crippen molar-refractivity contribution in [2.45, 2.75) is 38.5 Å². The summed E-state index contributed by atoms with van der Waals surface area (Å²) in [6.07, 6.45) is 4.24. The summed E-state index contributed by atoms with van der Waals surface area (Å²) >= 11 is 0. The van der Waals surface area contributed by atoms with Crippen molar-refractivity contribution >= 4 is 11.7 Å². The molecule has 0 aromatic heterocycles. The average molecular weight is 383 g/mol. The van der Waals surface area contributed by atoms with Gasteiger partial charge in [0.05, 0.1) is 14.2 Å². The molecule has 0 saturated heterocycles. The van der Waals surface area contributed by atoms with Crippen LogP contribution < -0.4 is 14.8 Å². The van der Waals surface area contributed by atoms with Crippen LogP contribution in [0.5, 0.6) is 11.5 Å². The molecule has 1 N–H and O–H groups in total. The van der Waals surface area contributed by atoms with Crippen LogP contribution in [0, 0.1) is 0 Å². The lowest BCUT2D eigenvalue weighted by atomic mass is 10.1. The molecular weight excluding hydrogens is 354 g/mol. The van der Waals surface area contributed by atoms with Crippen LogP contribution >= 0.6 is 0 Å². The molecule has 2 rings (SSSR count). The largest absolute Gasteiger partial charge is 0.497 e. The number of carbonyl (C=O) groups is 2. The second-order valence-corrected chi connectivity index (χ2v) is 6.66. The predicted molar refractivity (Wildman–Crippen MR) is 110 cm³/mol. The fourth-order valence-corrected chi connectivity index (χ4v) is 2.89. The molecule has 0 fully saturated rings. The third-order valence-corrected chi connectivity index (χ3v) is 4.59. The predicted octanol–water partition coefficient (Wildman–Crippen LogP) is 4.20. The number of rotatable bonds is 12. The SMILES string of the molecule is COc1ccc(CCCCNC(=O)CCCC(=O)c2ccc(OC)cc2)cc1. The molecule has 0 aliphatic rings. The number of hydrogen-bond donors (Lipinski definition) is 1. The van der Waals surface area contributed by atoms with E-state index in [9.17, 15) is 9.59 Å². The monoisotopic (exact) mass is 383 g/mol. The van der Waals surface area contributed by atoms with E-state index in [0.717, 1.165) is 30.8 Å². The molecule has 28 heavy (non-hydrogen) atoms. The number of ketones is 1. The fraction of sp³-hybridized carbons (Fsp3) is 0.391. The van der Waals surface area contributed by atoms with E-state index < -0.39 is 0 Å². The Labute approximate surface area is 167 Å². The van der Waals surface area contributed by atoms with Crippen molar-refractivity contribution in [1.82, 2.24) is 5.32 Å². The molecule has 5 nitrogen and oxygen atoms in total. The third kappa shape index (κ3) is 7.43. The quantitative estimate of drug-likeness (QED) is 0.441. The van der Waals surface area contributed by atoms with Gasteiger partial charge >= 0.3 is 0 Å². The second kappa shape index (κ2) is 11.8. The van der Waals surface area contributed by atoms with Crippen LogP contribution in [0.15, 0.2) is 48.5 Å². The van der Waals surface area contributed by atoms with Crippen molar-refractivity contribution in [3.05, 3.63) is 59.7 Å². The maximum Gasteiger partial charge on any atom is 0.220 e. The fourth-order valence-electron chi connectivity index (χ4n) is 2.89. The molecule has 0 heterocycles. The number of Topliss-reactive ketones (excluding diaryl/α,β-unsaturated/α-hetero) is 1. The smallest absolute Gasteiger partial charge is 0.220 e. The van der Waals surface area contributed by atoms with Gasteiger partial charge in [-0.15, -0.1) is 0 Å². The maximum absolute atomic E-state index is 12.1. The number of hydrogen-bond acceptors (Lipinski definition) is 4. The van der Waals surface area contributed by atoms with E-state index >= 15 is 0 Å². The Bertz CT molecular complexity index is 738. The van der Waals surface area contributed by atoms with Crippen molar-refractivity contribution in [2.24, 2.45) is 0 Å². The molecular formula is C23H29NO4. The van der Waals surface area contributed by atoms with Gasteiger partial charge in [-0.2, -0.15) is 0 Å². The Balaban J connectivity index is 1.55. The first-order valence-electron chi connectivity index (χ1n) is 9.69. The summed E-state index contributed by atoms with van der Waals surface area (Å²) < 4.78 is 10.2. The van der Waals surface area contributed by atoms with Gasteiger partial charge in [0.2, 0.25) is 5.91 Å². The van der Waals surface area contributed by atoms with Gasteiger partial charge < -0.3 is 14.8 Å². The number of unbranched alkanes of at least 4 members (excludes halogenated alkanes) is 1. The minimum Gasteiger partial charge on any atom is -0.497 e. The number of benzene rings is 2. The van der Waals surface area contributed by atoms with Crippen molar-refractivity contribution < 1.29 is 19.1 Å². The zero-order chi connectivity index (χ0) is 20.2. The van der Waals surface area contributed by atoms with Crippen molar-refractivity contribution in [2.75, 3.05) is 20.8 Å². The van der Waals surface area contributed by atoms with Gasteiger partial charge in [0, 0.05) is 24.9 Å². The summed E-state index contributed by atoms with van der Waals surface area (Å²) in [6, 6.07) is 15.1. The number of methoxy groups -OCH3 is 2. The molecule has 0 saturated carbocycles. The number of nitrogens with one attached hydrogen (secondary N) is 1. The molecule has 0 unspecified atom stereocenters. The molecule has 150 valence electrons. The highest BCUT2D eigenvalue weighted by atomic mass is 16.5. The Morgan fingerprint density at radius 1 is 0.786 bits per heavy atom. The normalized spacial score (nSPS) is 10.4. The summed E-state index contributed by atoms with van der Waals surface area (Å²) in [6.45, 7) is 0.668. The zero-order valence-corrected chi connectivity index (χ0v) is 16.7. The lowest BCUT2D eigenvalue weighted by molar-refractivity contribution is -0.121. The summed E-state index contributed by atoms with van der Waals surface area (Å²) in [5.74, 6) is 1.64. The Kier molecular flexibility index (Phi) is 9.05. The Hall–Kier alpha value is -2.82. The van der Waals surface area contributed by atoms with E-state index in [4.69, 9.17) is 9.47 Å². The lowest BCUT2D eigenvalue weighted by Crippen LogP contribution is -2.24. The number of ether oxygens (including phenoxy) is 2. The van der Waals surface area contributed by atoms with E-state index in [0.29, 0.717) is 31.4 Å². The molecule has 0 aliphatic carbocycles. The van der Waals surface area contributed by atoms with Crippen LogP contribution in [0.1, 0.15) is 48.0 Å². The summed E-state index contributed by atoms with van der Waals surface area (Å²) in [4.78, 5) is 24.0. The number of aryl methyl sites for hydroxylation is 1. The van der Waals surface area contributed by atoms with Crippen LogP contribution in [0.4, 0.5) is 0 Å². The van der Waals surface area contributed by atoms with Gasteiger partial charge in [0.15, 0.2) is 5.78 Å². The van der Waals surface area contributed by atoms with Gasteiger partial charge in [-0.25, -0.2) is 0 Å². The number of carbonyl (C=O) groups excluding carboxylic acids is 2. The van der Waals surface area contributed by atoms with Gasteiger partial charge in [-0.05, 0) is 67.6 Å². The summed E-state index contributed by atoms with van der Waals surface area (Å²) in [7, 11) is 3.25. The lowest BCUT2D eigenvalue weighted by Gasteiger charge is -2.06. The highest BCUT2D eigenvalue weighted by molar-refractivity contribution is 5.96. The van der Waals surface area contributed by atoms with E-state index in [1.54, 1.807) is 38.5 Å². The third-order valence-electron chi connectivity index (χ3n) is 4.59. The van der Waals surface area contributed by atoms with Crippen molar-refractivity contribution in [3.63, 3.8) is 0 Å². The molecule has 0 radical (unpaired) electrons. The molecule has 0 atom stereocenters. The van der Waals surface area contributed by atoms with E-state index in [1.807, 2.05) is 12.1 Å². The van der Waals surface area contributed by atoms with Gasteiger partial charge in [-0.3, -0.25) is 9.59 Å². The van der Waals surface area contributed by atoms with Crippen LogP contribution in [0.25, 0.3) is 0 Å². The molecule has 5 heteroatoms. The number of amides is 1. The summed E-state index contributed by atoms with van der Waals surface area (Å²) in [5.41, 5.74) is 1.92. The molecule has 0 aliphatic heterocycles.